The van der Waals surface area contributed by atoms with E-state index in [1.807, 2.05) is 31.2 Å². The van der Waals surface area contributed by atoms with Crippen molar-refractivity contribution in [2.75, 3.05) is 13.2 Å². The van der Waals surface area contributed by atoms with Crippen molar-refractivity contribution in [3.05, 3.63) is 65.2 Å². The molecule has 0 fully saturated rings. The van der Waals surface area contributed by atoms with Crippen LogP contribution in [0.5, 0.6) is 5.75 Å². The molecule has 2 N–H and O–H groups in total. The molecular formula is C18H21NO3. The van der Waals surface area contributed by atoms with E-state index >= 15 is 0 Å². The number of amides is 1. The Morgan fingerprint density at radius 1 is 1.18 bits per heavy atom. The summed E-state index contributed by atoms with van der Waals surface area (Å²) in [5, 5.41) is 11.5. The maximum Gasteiger partial charge on any atom is 0.251 e. The molecule has 0 aliphatic rings. The Bertz CT molecular complexity index is 625. The average molecular weight is 299 g/mol. The molecule has 116 valence electrons. The van der Waals surface area contributed by atoms with Gasteiger partial charge < -0.3 is 15.2 Å². The number of aliphatic hydroxyl groups is 1. The van der Waals surface area contributed by atoms with E-state index < -0.39 is 0 Å². The first-order valence-electron chi connectivity index (χ1n) is 7.36. The molecule has 0 atom stereocenters. The highest BCUT2D eigenvalue weighted by atomic mass is 16.5. The van der Waals surface area contributed by atoms with Crippen LogP contribution in [-0.4, -0.2) is 24.2 Å². The Balaban J connectivity index is 1.95. The second-order valence-corrected chi connectivity index (χ2v) is 5.14. The first-order chi connectivity index (χ1) is 10.7. The summed E-state index contributed by atoms with van der Waals surface area (Å²) in [6.45, 7) is 3.04. The summed E-state index contributed by atoms with van der Waals surface area (Å²) in [7, 11) is 0. The number of nitrogens with one attached hydrogen (secondary N) is 1. The smallest absolute Gasteiger partial charge is 0.251 e. The lowest BCUT2D eigenvalue weighted by molar-refractivity contribution is 0.0950. The summed E-state index contributed by atoms with van der Waals surface area (Å²) in [4.78, 5) is 11.9. The van der Waals surface area contributed by atoms with Gasteiger partial charge in [-0.3, -0.25) is 4.79 Å². The van der Waals surface area contributed by atoms with E-state index in [2.05, 4.69) is 11.4 Å². The van der Waals surface area contributed by atoms with E-state index in [4.69, 9.17) is 9.84 Å². The fourth-order valence-corrected chi connectivity index (χ4v) is 2.08. The molecule has 0 aliphatic heterocycles. The number of hydrogen-bond acceptors (Lipinski definition) is 3. The number of carbonyl (C=O) groups is 1. The third kappa shape index (κ3) is 4.90. The Hall–Kier alpha value is -2.33. The minimum atomic E-state index is -0.158. The largest absolute Gasteiger partial charge is 0.489 e. The molecule has 2 rings (SSSR count). The van der Waals surface area contributed by atoms with Gasteiger partial charge >= 0.3 is 0 Å². The van der Waals surface area contributed by atoms with Crippen LogP contribution in [0, 0.1) is 6.92 Å². The van der Waals surface area contributed by atoms with Gasteiger partial charge in [0.25, 0.3) is 5.91 Å². The molecule has 0 heterocycles. The van der Waals surface area contributed by atoms with Gasteiger partial charge in [-0.05, 0) is 37.1 Å². The first-order valence-corrected chi connectivity index (χ1v) is 7.36. The van der Waals surface area contributed by atoms with Crippen LogP contribution in [0.1, 0.15) is 27.9 Å². The van der Waals surface area contributed by atoms with Crippen molar-refractivity contribution in [3.63, 3.8) is 0 Å². The zero-order valence-corrected chi connectivity index (χ0v) is 12.7. The lowest BCUT2D eigenvalue weighted by Gasteiger charge is -2.09. The minimum absolute atomic E-state index is 0.0694. The molecule has 0 aliphatic carbocycles. The van der Waals surface area contributed by atoms with Crippen LogP contribution < -0.4 is 10.1 Å². The van der Waals surface area contributed by atoms with E-state index in [-0.39, 0.29) is 12.5 Å². The van der Waals surface area contributed by atoms with Crippen molar-refractivity contribution in [3.8, 4) is 5.75 Å². The quantitative estimate of drug-likeness (QED) is 0.773. The zero-order valence-electron chi connectivity index (χ0n) is 12.7. The molecule has 4 heteroatoms. The second-order valence-electron chi connectivity index (χ2n) is 5.14. The van der Waals surface area contributed by atoms with E-state index in [0.29, 0.717) is 30.9 Å². The molecule has 0 spiro atoms. The fraction of sp³-hybridized carbons (Fsp3) is 0.278. The van der Waals surface area contributed by atoms with Gasteiger partial charge in [-0.25, -0.2) is 0 Å². The molecule has 0 unspecified atom stereocenters. The third-order valence-corrected chi connectivity index (χ3v) is 3.20. The maximum atomic E-state index is 11.9. The highest BCUT2D eigenvalue weighted by Crippen LogP contribution is 2.15. The maximum absolute atomic E-state index is 11.9. The third-order valence-electron chi connectivity index (χ3n) is 3.20. The van der Waals surface area contributed by atoms with Gasteiger partial charge in [0.05, 0.1) is 0 Å². The Kier molecular flexibility index (Phi) is 5.98. The van der Waals surface area contributed by atoms with E-state index in [1.54, 1.807) is 18.2 Å². The molecule has 22 heavy (non-hydrogen) atoms. The zero-order chi connectivity index (χ0) is 15.8. The van der Waals surface area contributed by atoms with Crippen molar-refractivity contribution >= 4 is 5.91 Å². The lowest BCUT2D eigenvalue weighted by atomic mass is 10.1. The summed E-state index contributed by atoms with van der Waals surface area (Å²) < 4.78 is 5.74. The van der Waals surface area contributed by atoms with Gasteiger partial charge in [0.1, 0.15) is 12.4 Å². The summed E-state index contributed by atoms with van der Waals surface area (Å²) in [5.41, 5.74) is 2.84. The minimum Gasteiger partial charge on any atom is -0.489 e. The monoisotopic (exact) mass is 299 g/mol. The van der Waals surface area contributed by atoms with Gasteiger partial charge in [0.15, 0.2) is 0 Å². The topological polar surface area (TPSA) is 58.6 Å². The lowest BCUT2D eigenvalue weighted by Crippen LogP contribution is -2.24. The Morgan fingerprint density at radius 2 is 2.00 bits per heavy atom. The summed E-state index contributed by atoms with van der Waals surface area (Å²) in [6, 6.07) is 15.2. The standard InChI is InChI=1S/C18H21NO3/c1-14-5-2-6-15(11-14)13-22-17-8-3-7-16(12-17)18(21)19-9-4-10-20/h2-3,5-8,11-12,20H,4,9-10,13H2,1H3,(H,19,21). The number of rotatable bonds is 7. The van der Waals surface area contributed by atoms with Crippen LogP contribution in [-0.2, 0) is 6.61 Å². The predicted molar refractivity (Wildman–Crippen MR) is 86.0 cm³/mol. The predicted octanol–water partition coefficient (Wildman–Crippen LogP) is 2.69. The van der Waals surface area contributed by atoms with Gasteiger partial charge in [-0.15, -0.1) is 0 Å². The summed E-state index contributed by atoms with van der Waals surface area (Å²) >= 11 is 0. The molecule has 0 radical (unpaired) electrons. The molecule has 0 aromatic heterocycles. The first kappa shape index (κ1) is 16.0. The summed E-state index contributed by atoms with van der Waals surface area (Å²) in [6.07, 6.45) is 0.551. The van der Waals surface area contributed by atoms with Crippen LogP contribution in [0.2, 0.25) is 0 Å². The van der Waals surface area contributed by atoms with E-state index in [9.17, 15) is 4.79 Å². The molecule has 4 nitrogen and oxygen atoms in total. The molecule has 2 aromatic carbocycles. The molecule has 0 saturated heterocycles. The van der Waals surface area contributed by atoms with Crippen LogP contribution in [0.4, 0.5) is 0 Å². The van der Waals surface area contributed by atoms with Gasteiger partial charge in [-0.1, -0.05) is 35.9 Å². The number of carbonyl (C=O) groups excluding carboxylic acids is 1. The number of aryl methyl sites for hydroxylation is 1. The molecule has 1 amide bonds. The number of benzene rings is 2. The fourth-order valence-electron chi connectivity index (χ4n) is 2.08. The molecule has 0 saturated carbocycles. The Labute approximate surface area is 130 Å². The highest BCUT2D eigenvalue weighted by Gasteiger charge is 2.06. The highest BCUT2D eigenvalue weighted by molar-refractivity contribution is 5.94. The SMILES string of the molecule is Cc1cccc(COc2cccc(C(=O)NCCCO)c2)c1. The second kappa shape index (κ2) is 8.20. The molecular weight excluding hydrogens is 278 g/mol. The van der Waals surface area contributed by atoms with Crippen LogP contribution in [0.25, 0.3) is 0 Å². The van der Waals surface area contributed by atoms with Crippen molar-refractivity contribution in [2.45, 2.75) is 20.0 Å². The Morgan fingerprint density at radius 3 is 2.77 bits per heavy atom. The van der Waals surface area contributed by atoms with E-state index in [1.165, 1.54) is 5.56 Å². The number of ether oxygens (including phenoxy) is 1. The van der Waals surface area contributed by atoms with Crippen molar-refractivity contribution in [1.29, 1.82) is 0 Å². The number of hydrogen-bond donors (Lipinski definition) is 2. The van der Waals surface area contributed by atoms with Crippen LogP contribution >= 0.6 is 0 Å². The van der Waals surface area contributed by atoms with Gasteiger partial charge in [0.2, 0.25) is 0 Å². The average Bonchev–Trinajstić information content (AvgIpc) is 2.53. The molecule has 0 bridgehead atoms. The summed E-state index contributed by atoms with van der Waals surface area (Å²) in [5.74, 6) is 0.505. The molecule has 2 aromatic rings. The normalized spacial score (nSPS) is 10.3. The van der Waals surface area contributed by atoms with E-state index in [0.717, 1.165) is 5.56 Å². The van der Waals surface area contributed by atoms with Crippen molar-refractivity contribution < 1.29 is 14.6 Å². The van der Waals surface area contributed by atoms with Crippen molar-refractivity contribution in [2.24, 2.45) is 0 Å². The van der Waals surface area contributed by atoms with Gasteiger partial charge in [-0.2, -0.15) is 0 Å². The van der Waals surface area contributed by atoms with Crippen LogP contribution in [0.15, 0.2) is 48.5 Å². The number of aliphatic hydroxyl groups excluding tert-OH is 1. The van der Waals surface area contributed by atoms with Crippen molar-refractivity contribution in [1.82, 2.24) is 5.32 Å². The van der Waals surface area contributed by atoms with Gasteiger partial charge in [0, 0.05) is 18.7 Å². The van der Waals surface area contributed by atoms with Crippen LogP contribution in [0.3, 0.4) is 0 Å².